The largest absolute Gasteiger partial charge is 0.182 e. The monoisotopic (exact) mass is 798 g/mol. The van der Waals surface area contributed by atoms with Gasteiger partial charge in [-0.05, 0) is 160 Å². The first-order valence-electron chi connectivity index (χ1n) is 21.8. The molecule has 0 unspecified atom stereocenters. The standard InChI is InChI=1S/C61H38Si/c1-3-19-51-38(4-2)48-35-50-57-45(30-18-31-46(57)61(48)62(51)52-32-15-13-26-41(52)42-27-14-16-33-53(42)62)59-55(37-22-9-6-10-23-37)58-44-29-17-28-43-39-24-11-12-25-40(39)47(56(43)44)34-49(58)54(60(50)59)36-20-7-5-8-21-36/h3-35H,2H2,1H3/b19-3-. The molecule has 2 heterocycles. The first-order chi connectivity index (χ1) is 30.7. The predicted molar refractivity (Wildman–Crippen MR) is 271 cm³/mol. The molecule has 0 nitrogen and oxygen atoms in total. The third-order valence-corrected chi connectivity index (χ3v) is 19.6. The van der Waals surface area contributed by atoms with E-state index in [1.807, 2.05) is 0 Å². The fourth-order valence-corrected chi connectivity index (χ4v) is 18.5. The smallest absolute Gasteiger partial charge is 0.0985 e. The van der Waals surface area contributed by atoms with E-state index in [0.717, 1.165) is 0 Å². The maximum absolute atomic E-state index is 4.60. The lowest BCUT2D eigenvalue weighted by molar-refractivity contribution is 1.68. The van der Waals surface area contributed by atoms with Crippen molar-refractivity contribution in [2.45, 2.75) is 6.92 Å². The van der Waals surface area contributed by atoms with E-state index in [4.69, 9.17) is 0 Å². The van der Waals surface area contributed by atoms with Crippen molar-refractivity contribution in [3.05, 3.63) is 218 Å². The second kappa shape index (κ2) is 12.3. The number of allylic oxidation sites excluding steroid dienone is 5. The summed E-state index contributed by atoms with van der Waals surface area (Å²) < 4.78 is 0. The fourth-order valence-electron chi connectivity index (χ4n) is 12.6. The zero-order valence-corrected chi connectivity index (χ0v) is 35.3. The van der Waals surface area contributed by atoms with Crippen molar-refractivity contribution in [1.82, 2.24) is 0 Å². The molecule has 0 atom stereocenters. The highest BCUT2D eigenvalue weighted by Crippen LogP contribution is 2.56. The van der Waals surface area contributed by atoms with Gasteiger partial charge in [-0.25, -0.2) is 0 Å². The highest BCUT2D eigenvalue weighted by Gasteiger charge is 2.55. The molecule has 0 bridgehead atoms. The van der Waals surface area contributed by atoms with E-state index in [0.29, 0.717) is 0 Å². The summed E-state index contributed by atoms with van der Waals surface area (Å²) in [6, 6.07) is 69.3. The van der Waals surface area contributed by atoms with Crippen molar-refractivity contribution >= 4 is 105 Å². The van der Waals surface area contributed by atoms with Crippen molar-refractivity contribution in [1.29, 1.82) is 0 Å². The molecule has 12 aromatic carbocycles. The van der Waals surface area contributed by atoms with E-state index >= 15 is 0 Å². The van der Waals surface area contributed by atoms with Crippen LogP contribution in [-0.4, -0.2) is 8.07 Å². The number of hydrogen-bond donors (Lipinski definition) is 0. The molecule has 0 saturated carbocycles. The molecule has 12 aromatic rings. The van der Waals surface area contributed by atoms with Crippen LogP contribution in [0, 0.1) is 0 Å². The molecule has 14 rings (SSSR count). The Labute approximate surface area is 360 Å². The quantitative estimate of drug-likeness (QED) is 0.123. The van der Waals surface area contributed by atoms with Gasteiger partial charge in [0, 0.05) is 0 Å². The van der Waals surface area contributed by atoms with Gasteiger partial charge in [0.2, 0.25) is 0 Å². The average molecular weight is 799 g/mol. The highest BCUT2D eigenvalue weighted by atomic mass is 28.3. The molecule has 1 spiro atoms. The number of hydrogen-bond acceptors (Lipinski definition) is 0. The van der Waals surface area contributed by atoms with Gasteiger partial charge < -0.3 is 0 Å². The lowest BCUT2D eigenvalue weighted by Crippen LogP contribution is -2.65. The van der Waals surface area contributed by atoms with Crippen LogP contribution >= 0.6 is 0 Å². The minimum atomic E-state index is -2.81. The first kappa shape index (κ1) is 34.2. The van der Waals surface area contributed by atoms with Gasteiger partial charge >= 0.3 is 0 Å². The summed E-state index contributed by atoms with van der Waals surface area (Å²) in [7, 11) is -2.81. The number of benzene rings is 10. The van der Waals surface area contributed by atoms with Gasteiger partial charge in [0.05, 0.1) is 0 Å². The van der Waals surface area contributed by atoms with E-state index in [9.17, 15) is 0 Å². The van der Waals surface area contributed by atoms with E-state index in [1.165, 1.54) is 141 Å². The van der Waals surface area contributed by atoms with Gasteiger partial charge in [-0.1, -0.05) is 195 Å². The van der Waals surface area contributed by atoms with Gasteiger partial charge in [0.15, 0.2) is 8.07 Å². The van der Waals surface area contributed by atoms with Crippen molar-refractivity contribution in [2.75, 3.05) is 0 Å². The van der Waals surface area contributed by atoms with Crippen LogP contribution in [0.4, 0.5) is 0 Å². The summed E-state index contributed by atoms with van der Waals surface area (Å²) in [6.07, 6.45) is 6.84. The average Bonchev–Trinajstić information content (AvgIpc) is 4.02. The van der Waals surface area contributed by atoms with E-state index in [1.54, 1.807) is 0 Å². The number of fused-ring (bicyclic) bond motifs is 16. The molecule has 62 heavy (non-hydrogen) atoms. The lowest BCUT2D eigenvalue weighted by Gasteiger charge is -2.30. The van der Waals surface area contributed by atoms with Crippen molar-refractivity contribution in [3.8, 4) is 33.4 Å². The molecule has 0 fully saturated rings. The van der Waals surface area contributed by atoms with Crippen molar-refractivity contribution in [3.63, 3.8) is 0 Å². The lowest BCUT2D eigenvalue weighted by atomic mass is 9.83. The second-order valence-corrected chi connectivity index (χ2v) is 20.9. The van der Waals surface area contributed by atoms with Crippen LogP contribution in [0.3, 0.4) is 0 Å². The van der Waals surface area contributed by atoms with Gasteiger partial charge in [-0.15, -0.1) is 0 Å². The van der Waals surface area contributed by atoms with Gasteiger partial charge in [-0.2, -0.15) is 0 Å². The Bertz CT molecular complexity index is 3930. The third kappa shape index (κ3) is 3.99. The third-order valence-electron chi connectivity index (χ3n) is 14.6. The summed E-state index contributed by atoms with van der Waals surface area (Å²) >= 11 is 0. The Morgan fingerprint density at radius 2 is 0.903 bits per heavy atom. The van der Waals surface area contributed by atoms with Crippen LogP contribution < -0.4 is 15.6 Å². The molecule has 286 valence electrons. The van der Waals surface area contributed by atoms with E-state index in [2.05, 4.69) is 214 Å². The van der Waals surface area contributed by atoms with Crippen LogP contribution in [-0.2, 0) is 0 Å². The molecule has 0 N–H and O–H groups in total. The Balaban J connectivity index is 1.28. The minimum Gasteiger partial charge on any atom is -0.0985 e. The van der Waals surface area contributed by atoms with Crippen LogP contribution in [0.1, 0.15) is 12.5 Å². The SMILES string of the molecule is C=CC1=C(/C=C\C)[Si]2(c3ccccc3-c3ccccc32)c2c1cc1c3c(-c4ccccc4)c4cc5c6ccccc6c6cccc(c4c(-c4ccccc4)c3c3cccc2c13)c65. The summed E-state index contributed by atoms with van der Waals surface area (Å²) in [5.74, 6) is 0. The Morgan fingerprint density at radius 3 is 1.56 bits per heavy atom. The van der Waals surface area contributed by atoms with Crippen LogP contribution in [0.15, 0.2) is 212 Å². The first-order valence-corrected chi connectivity index (χ1v) is 23.8. The zero-order valence-electron chi connectivity index (χ0n) is 34.3. The molecule has 0 aromatic heterocycles. The zero-order chi connectivity index (χ0) is 40.8. The number of rotatable bonds is 4. The molecule has 0 amide bonds. The maximum atomic E-state index is 4.60. The second-order valence-electron chi connectivity index (χ2n) is 17.3. The van der Waals surface area contributed by atoms with Crippen molar-refractivity contribution < 1.29 is 0 Å². The Hall–Kier alpha value is -7.58. The fraction of sp³-hybridized carbons (Fsp3) is 0.0164. The molecule has 2 aliphatic heterocycles. The summed E-state index contributed by atoms with van der Waals surface area (Å²) in [5.41, 5.74) is 10.4. The van der Waals surface area contributed by atoms with E-state index < -0.39 is 8.07 Å². The van der Waals surface area contributed by atoms with E-state index in [-0.39, 0.29) is 0 Å². The van der Waals surface area contributed by atoms with Gasteiger partial charge in [-0.3, -0.25) is 0 Å². The summed E-state index contributed by atoms with van der Waals surface area (Å²) in [5, 5.41) is 24.5. The van der Waals surface area contributed by atoms with Crippen LogP contribution in [0.25, 0.3) is 114 Å². The topological polar surface area (TPSA) is 0 Å². The summed E-state index contributed by atoms with van der Waals surface area (Å²) in [6.45, 7) is 6.77. The molecular formula is C61H38Si. The normalized spacial score (nSPS) is 14.3. The molecule has 0 saturated heterocycles. The van der Waals surface area contributed by atoms with Crippen molar-refractivity contribution in [2.24, 2.45) is 0 Å². The molecule has 0 aliphatic carbocycles. The Morgan fingerprint density at radius 1 is 0.387 bits per heavy atom. The predicted octanol–water partition coefficient (Wildman–Crippen LogP) is 14.5. The molecular weight excluding hydrogens is 761 g/mol. The van der Waals surface area contributed by atoms with Gasteiger partial charge in [0.1, 0.15) is 0 Å². The highest BCUT2D eigenvalue weighted by molar-refractivity contribution is 7.21. The minimum absolute atomic E-state index is 1.24. The van der Waals surface area contributed by atoms with Crippen LogP contribution in [0.2, 0.25) is 0 Å². The van der Waals surface area contributed by atoms with Gasteiger partial charge in [0.25, 0.3) is 0 Å². The van der Waals surface area contributed by atoms with Crippen LogP contribution in [0.5, 0.6) is 0 Å². The molecule has 2 aliphatic rings. The molecule has 0 radical (unpaired) electrons. The molecule has 1 heteroatoms. The maximum Gasteiger partial charge on any atom is 0.182 e. The Kier molecular flexibility index (Phi) is 6.75. The summed E-state index contributed by atoms with van der Waals surface area (Å²) in [4.78, 5) is 0.